The number of esters is 1. The Kier molecular flexibility index (Phi) is 6.13. The number of amides is 2. The molecule has 1 saturated heterocycles. The molecule has 0 spiro atoms. The van der Waals surface area contributed by atoms with Gasteiger partial charge in [0.25, 0.3) is 0 Å². The zero-order valence-electron chi connectivity index (χ0n) is 18.2. The van der Waals surface area contributed by atoms with E-state index in [1.54, 1.807) is 13.0 Å². The molecule has 2 atom stereocenters. The van der Waals surface area contributed by atoms with Crippen molar-refractivity contribution in [2.75, 3.05) is 19.7 Å². The number of likely N-dealkylation sites (tertiary alicyclic amines) is 1. The molecule has 0 bridgehead atoms. The van der Waals surface area contributed by atoms with Gasteiger partial charge in [0.15, 0.2) is 0 Å². The van der Waals surface area contributed by atoms with Crippen LogP contribution in [0.5, 0.6) is 0 Å². The van der Waals surface area contributed by atoms with Crippen molar-refractivity contribution in [1.82, 2.24) is 15.5 Å². The third-order valence-corrected chi connectivity index (χ3v) is 5.88. The van der Waals surface area contributed by atoms with Crippen molar-refractivity contribution < 1.29 is 18.7 Å². The summed E-state index contributed by atoms with van der Waals surface area (Å²) in [6.07, 6.45) is 2.10. The summed E-state index contributed by atoms with van der Waals surface area (Å²) >= 11 is 0. The van der Waals surface area contributed by atoms with Gasteiger partial charge < -0.3 is 19.8 Å². The van der Waals surface area contributed by atoms with E-state index in [1.165, 1.54) is 11.1 Å². The highest BCUT2D eigenvalue weighted by molar-refractivity contribution is 5.95. The molecule has 2 N–H and O–H groups in total. The lowest BCUT2D eigenvalue weighted by Crippen LogP contribution is -2.48. The van der Waals surface area contributed by atoms with Crippen molar-refractivity contribution in [2.24, 2.45) is 0 Å². The first kappa shape index (κ1) is 21.2. The highest BCUT2D eigenvalue weighted by Gasteiger charge is 2.37. The van der Waals surface area contributed by atoms with Gasteiger partial charge in [0.05, 0.1) is 12.2 Å². The molecule has 7 nitrogen and oxygen atoms in total. The van der Waals surface area contributed by atoms with Gasteiger partial charge in [-0.15, -0.1) is 0 Å². The number of benzene rings is 1. The molecule has 2 aliphatic heterocycles. The highest BCUT2D eigenvalue weighted by atomic mass is 16.5. The van der Waals surface area contributed by atoms with E-state index in [9.17, 15) is 9.59 Å². The van der Waals surface area contributed by atoms with E-state index in [1.807, 2.05) is 13.0 Å². The fourth-order valence-electron chi connectivity index (χ4n) is 4.40. The van der Waals surface area contributed by atoms with Crippen LogP contribution < -0.4 is 10.6 Å². The van der Waals surface area contributed by atoms with Crippen molar-refractivity contribution in [3.05, 3.63) is 70.3 Å². The second-order valence-electron chi connectivity index (χ2n) is 8.13. The number of nitrogens with zero attached hydrogens (tertiary/aromatic N) is 1. The van der Waals surface area contributed by atoms with Crippen LogP contribution in [0, 0.1) is 13.8 Å². The molecule has 7 heteroatoms. The number of hydrogen-bond acceptors (Lipinski definition) is 5. The van der Waals surface area contributed by atoms with Crippen LogP contribution in [0.2, 0.25) is 0 Å². The summed E-state index contributed by atoms with van der Waals surface area (Å²) in [7, 11) is 0. The van der Waals surface area contributed by atoms with Gasteiger partial charge in [-0.2, -0.15) is 0 Å². The zero-order valence-corrected chi connectivity index (χ0v) is 18.2. The quantitative estimate of drug-likeness (QED) is 0.689. The first-order chi connectivity index (χ1) is 15.0. The number of carbonyl (C=O) groups is 2. The molecular formula is C24H29N3O4. The van der Waals surface area contributed by atoms with Crippen molar-refractivity contribution in [3.63, 3.8) is 0 Å². The molecule has 0 aliphatic carbocycles. The van der Waals surface area contributed by atoms with Crippen LogP contribution in [-0.2, 0) is 9.53 Å². The van der Waals surface area contributed by atoms with Crippen LogP contribution in [0.4, 0.5) is 4.79 Å². The smallest absolute Gasteiger partial charge is 0.338 e. The SMILES string of the molecule is CCOC(=O)C1=C(CN2CCC[C@@H]2c2ccc(C)cc2)NC(=O)N[C@@H]1c1ccc(C)o1. The lowest BCUT2D eigenvalue weighted by molar-refractivity contribution is -0.139. The molecule has 2 aromatic rings. The molecule has 0 saturated carbocycles. The molecule has 1 aromatic heterocycles. The van der Waals surface area contributed by atoms with Crippen molar-refractivity contribution in [3.8, 4) is 0 Å². The molecule has 1 fully saturated rings. The first-order valence-electron chi connectivity index (χ1n) is 10.8. The Balaban J connectivity index is 1.68. The van der Waals surface area contributed by atoms with E-state index in [4.69, 9.17) is 9.15 Å². The molecular weight excluding hydrogens is 394 g/mol. The Labute approximate surface area is 182 Å². The summed E-state index contributed by atoms with van der Waals surface area (Å²) in [6.45, 7) is 7.28. The van der Waals surface area contributed by atoms with Gasteiger partial charge in [0.2, 0.25) is 0 Å². The molecule has 2 amide bonds. The van der Waals surface area contributed by atoms with E-state index < -0.39 is 12.0 Å². The van der Waals surface area contributed by atoms with Crippen molar-refractivity contribution in [1.29, 1.82) is 0 Å². The number of ether oxygens (including phenoxy) is 1. The van der Waals surface area contributed by atoms with Crippen LogP contribution in [-0.4, -0.2) is 36.6 Å². The number of hydrogen-bond donors (Lipinski definition) is 2. The van der Waals surface area contributed by atoms with E-state index in [-0.39, 0.29) is 18.7 Å². The molecule has 2 aliphatic rings. The summed E-state index contributed by atoms with van der Waals surface area (Å²) in [5.74, 6) is 0.783. The Hall–Kier alpha value is -3.06. The van der Waals surface area contributed by atoms with Crippen molar-refractivity contribution in [2.45, 2.75) is 45.7 Å². The highest BCUT2D eigenvalue weighted by Crippen LogP contribution is 2.35. The van der Waals surface area contributed by atoms with Gasteiger partial charge in [0.1, 0.15) is 17.6 Å². The summed E-state index contributed by atoms with van der Waals surface area (Å²) in [6, 6.07) is 11.4. The maximum atomic E-state index is 12.9. The average molecular weight is 424 g/mol. The van der Waals surface area contributed by atoms with Crippen LogP contribution >= 0.6 is 0 Å². The number of rotatable bonds is 6. The Bertz CT molecular complexity index is 993. The van der Waals surface area contributed by atoms with Gasteiger partial charge in [-0.3, -0.25) is 4.90 Å². The molecule has 3 heterocycles. The normalized spacial score (nSPS) is 21.7. The number of furan rings is 1. The van der Waals surface area contributed by atoms with Crippen LogP contribution in [0.25, 0.3) is 0 Å². The molecule has 1 aromatic carbocycles. The van der Waals surface area contributed by atoms with E-state index in [0.717, 1.165) is 19.4 Å². The predicted octanol–water partition coefficient (Wildman–Crippen LogP) is 3.90. The summed E-state index contributed by atoms with van der Waals surface area (Å²) in [5.41, 5.74) is 3.44. The van der Waals surface area contributed by atoms with E-state index >= 15 is 0 Å². The zero-order chi connectivity index (χ0) is 22.0. The lowest BCUT2D eigenvalue weighted by atomic mass is 9.99. The fourth-order valence-corrected chi connectivity index (χ4v) is 4.40. The second kappa shape index (κ2) is 8.98. The summed E-state index contributed by atoms with van der Waals surface area (Å²) < 4.78 is 11.1. The van der Waals surface area contributed by atoms with Gasteiger partial charge >= 0.3 is 12.0 Å². The third-order valence-electron chi connectivity index (χ3n) is 5.88. The maximum Gasteiger partial charge on any atom is 0.338 e. The maximum absolute atomic E-state index is 12.9. The van der Waals surface area contributed by atoms with Crippen molar-refractivity contribution >= 4 is 12.0 Å². The van der Waals surface area contributed by atoms with Gasteiger partial charge in [-0.25, -0.2) is 9.59 Å². The fraction of sp³-hybridized carbons (Fsp3) is 0.417. The first-order valence-corrected chi connectivity index (χ1v) is 10.8. The monoisotopic (exact) mass is 423 g/mol. The number of aryl methyl sites for hydroxylation is 2. The van der Waals surface area contributed by atoms with E-state index in [2.05, 4.69) is 46.7 Å². The Morgan fingerprint density at radius 1 is 1.19 bits per heavy atom. The number of nitrogens with one attached hydrogen (secondary N) is 2. The minimum absolute atomic E-state index is 0.243. The van der Waals surface area contributed by atoms with Gasteiger partial charge in [-0.1, -0.05) is 29.8 Å². The van der Waals surface area contributed by atoms with Gasteiger partial charge in [0, 0.05) is 18.3 Å². The molecule has 0 radical (unpaired) electrons. The predicted molar refractivity (Wildman–Crippen MR) is 116 cm³/mol. The number of urea groups is 1. The van der Waals surface area contributed by atoms with Crippen LogP contribution in [0.1, 0.15) is 54.5 Å². The summed E-state index contributed by atoms with van der Waals surface area (Å²) in [4.78, 5) is 27.7. The molecule has 0 unspecified atom stereocenters. The Morgan fingerprint density at radius 3 is 2.65 bits per heavy atom. The molecule has 31 heavy (non-hydrogen) atoms. The average Bonchev–Trinajstić information content (AvgIpc) is 3.37. The van der Waals surface area contributed by atoms with E-state index in [0.29, 0.717) is 29.3 Å². The Morgan fingerprint density at radius 2 is 1.97 bits per heavy atom. The number of carbonyl (C=O) groups excluding carboxylic acids is 2. The van der Waals surface area contributed by atoms with Gasteiger partial charge in [-0.05, 0) is 57.9 Å². The molecule has 4 rings (SSSR count). The summed E-state index contributed by atoms with van der Waals surface area (Å²) in [5, 5.41) is 5.68. The van der Waals surface area contributed by atoms with Crippen LogP contribution in [0.3, 0.4) is 0 Å². The second-order valence-corrected chi connectivity index (χ2v) is 8.13. The lowest BCUT2D eigenvalue weighted by Gasteiger charge is -2.32. The topological polar surface area (TPSA) is 83.8 Å². The molecule has 164 valence electrons. The minimum Gasteiger partial charge on any atom is -0.464 e. The third kappa shape index (κ3) is 4.51. The minimum atomic E-state index is -0.683. The van der Waals surface area contributed by atoms with Crippen LogP contribution in [0.15, 0.2) is 52.1 Å². The largest absolute Gasteiger partial charge is 0.464 e. The standard InChI is InChI=1S/C24H29N3O4/c1-4-30-23(28)21-18(25-24(29)26-22(21)20-12-9-16(3)31-20)14-27-13-5-6-19(27)17-10-7-15(2)8-11-17/h7-12,19,22H,4-6,13-14H2,1-3H3,(H2,25,26,29)/t19-,22-/m1/s1.